The van der Waals surface area contributed by atoms with E-state index in [1.807, 2.05) is 13.8 Å². The summed E-state index contributed by atoms with van der Waals surface area (Å²) >= 11 is 9.41. The van der Waals surface area contributed by atoms with Crippen molar-refractivity contribution < 1.29 is 9.47 Å². The van der Waals surface area contributed by atoms with Crippen LogP contribution in [0.5, 0.6) is 0 Å². The minimum absolute atomic E-state index is 0.405. The van der Waals surface area contributed by atoms with E-state index in [1.165, 1.54) is 6.33 Å². The first-order chi connectivity index (χ1) is 9.20. The molecule has 7 heteroatoms. The topological polar surface area (TPSA) is 47.5 Å². The van der Waals surface area contributed by atoms with Gasteiger partial charge in [-0.15, -0.1) is 0 Å². The Hall–Kier alpha value is -0.430. The average Bonchev–Trinajstić information content (AvgIpc) is 2.41. The third kappa shape index (κ3) is 5.60. The van der Waals surface area contributed by atoms with Crippen LogP contribution in [-0.4, -0.2) is 49.5 Å². The Balaban J connectivity index is 2.72. The molecule has 0 N–H and O–H groups in total. The SMILES string of the molecule is CCOCCN(CCOCC)c1ncnc(Cl)c1Br. The molecule has 0 aromatic carbocycles. The van der Waals surface area contributed by atoms with Crippen LogP contribution in [0.15, 0.2) is 10.8 Å². The molecule has 108 valence electrons. The number of ether oxygens (including phenoxy) is 2. The third-order valence-electron chi connectivity index (χ3n) is 2.45. The Morgan fingerprint density at radius 2 is 1.74 bits per heavy atom. The smallest absolute Gasteiger partial charge is 0.148 e. The molecule has 1 heterocycles. The van der Waals surface area contributed by atoms with Gasteiger partial charge in [-0.2, -0.15) is 0 Å². The van der Waals surface area contributed by atoms with Gasteiger partial charge in [-0.3, -0.25) is 0 Å². The van der Waals surface area contributed by atoms with Crippen LogP contribution >= 0.6 is 27.5 Å². The molecule has 0 radical (unpaired) electrons. The van der Waals surface area contributed by atoms with Gasteiger partial charge in [0.25, 0.3) is 0 Å². The van der Waals surface area contributed by atoms with Crippen LogP contribution in [0.4, 0.5) is 5.82 Å². The van der Waals surface area contributed by atoms with Crippen molar-refractivity contribution >= 4 is 33.3 Å². The number of anilines is 1. The fraction of sp³-hybridized carbons (Fsp3) is 0.667. The van der Waals surface area contributed by atoms with Crippen molar-refractivity contribution in [3.05, 3.63) is 16.0 Å². The minimum atomic E-state index is 0.405. The van der Waals surface area contributed by atoms with Gasteiger partial charge in [-0.1, -0.05) is 11.6 Å². The number of rotatable bonds is 9. The molecule has 1 aromatic rings. The highest BCUT2D eigenvalue weighted by Crippen LogP contribution is 2.28. The predicted molar refractivity (Wildman–Crippen MR) is 79.9 cm³/mol. The molecule has 0 fully saturated rings. The van der Waals surface area contributed by atoms with Crippen LogP contribution in [0.3, 0.4) is 0 Å². The number of hydrogen-bond acceptors (Lipinski definition) is 5. The normalized spacial score (nSPS) is 10.7. The van der Waals surface area contributed by atoms with E-state index in [1.54, 1.807) is 0 Å². The fourth-order valence-electron chi connectivity index (χ4n) is 1.52. The number of halogens is 2. The van der Waals surface area contributed by atoms with E-state index >= 15 is 0 Å². The van der Waals surface area contributed by atoms with E-state index in [-0.39, 0.29) is 0 Å². The molecule has 0 aliphatic carbocycles. The Kier molecular flexibility index (Phi) is 8.29. The first-order valence-corrected chi connectivity index (χ1v) is 7.44. The molecule has 1 aromatic heterocycles. The van der Waals surface area contributed by atoms with Crippen molar-refractivity contribution in [1.29, 1.82) is 0 Å². The molecule has 0 amide bonds. The van der Waals surface area contributed by atoms with Gasteiger partial charge in [0.2, 0.25) is 0 Å². The van der Waals surface area contributed by atoms with E-state index in [0.717, 1.165) is 18.9 Å². The van der Waals surface area contributed by atoms with E-state index in [2.05, 4.69) is 30.8 Å². The molecule has 19 heavy (non-hydrogen) atoms. The van der Waals surface area contributed by atoms with Gasteiger partial charge in [0.05, 0.1) is 17.7 Å². The monoisotopic (exact) mass is 351 g/mol. The van der Waals surface area contributed by atoms with Gasteiger partial charge < -0.3 is 14.4 Å². The number of hydrogen-bond donors (Lipinski definition) is 0. The second-order valence-electron chi connectivity index (χ2n) is 3.68. The predicted octanol–water partition coefficient (Wildman–Crippen LogP) is 2.77. The Bertz CT molecular complexity index is 372. The van der Waals surface area contributed by atoms with E-state index in [9.17, 15) is 0 Å². The molecule has 0 saturated carbocycles. The van der Waals surface area contributed by atoms with Crippen molar-refractivity contribution in [2.24, 2.45) is 0 Å². The Labute approximate surface area is 127 Å². The second-order valence-corrected chi connectivity index (χ2v) is 4.83. The molecule has 0 bridgehead atoms. The van der Waals surface area contributed by atoms with Gasteiger partial charge in [0.15, 0.2) is 0 Å². The van der Waals surface area contributed by atoms with E-state index in [0.29, 0.717) is 36.1 Å². The lowest BCUT2D eigenvalue weighted by atomic mass is 10.4. The third-order valence-corrected chi connectivity index (χ3v) is 3.69. The van der Waals surface area contributed by atoms with Crippen molar-refractivity contribution in [3.8, 4) is 0 Å². The summed E-state index contributed by atoms with van der Waals surface area (Å²) in [5.41, 5.74) is 0. The van der Waals surface area contributed by atoms with Crippen LogP contribution in [0.1, 0.15) is 13.8 Å². The molecule has 0 atom stereocenters. The van der Waals surface area contributed by atoms with Crippen LogP contribution in [0.2, 0.25) is 5.15 Å². The van der Waals surface area contributed by atoms with Gasteiger partial charge in [0.1, 0.15) is 17.3 Å². The van der Waals surface area contributed by atoms with Crippen LogP contribution in [0, 0.1) is 0 Å². The highest BCUT2D eigenvalue weighted by Gasteiger charge is 2.14. The lowest BCUT2D eigenvalue weighted by Crippen LogP contribution is -2.32. The number of aromatic nitrogens is 2. The molecule has 5 nitrogen and oxygen atoms in total. The summed E-state index contributed by atoms with van der Waals surface area (Å²) in [5, 5.41) is 0.405. The maximum absolute atomic E-state index is 5.99. The highest BCUT2D eigenvalue weighted by atomic mass is 79.9. The molecule has 0 aliphatic heterocycles. The summed E-state index contributed by atoms with van der Waals surface area (Å²) in [4.78, 5) is 10.3. The average molecular weight is 353 g/mol. The van der Waals surface area contributed by atoms with Crippen molar-refractivity contribution in [2.75, 3.05) is 44.4 Å². The molecule has 0 aliphatic rings. The molecular weight excluding hydrogens is 334 g/mol. The molecule has 0 saturated heterocycles. The molecule has 1 rings (SSSR count). The summed E-state index contributed by atoms with van der Waals surface area (Å²) in [6, 6.07) is 0. The zero-order chi connectivity index (χ0) is 14.1. The van der Waals surface area contributed by atoms with Crippen molar-refractivity contribution in [1.82, 2.24) is 9.97 Å². The molecule has 0 spiro atoms. The van der Waals surface area contributed by atoms with E-state index < -0.39 is 0 Å². The van der Waals surface area contributed by atoms with Crippen molar-refractivity contribution in [3.63, 3.8) is 0 Å². The lowest BCUT2D eigenvalue weighted by molar-refractivity contribution is 0.141. The molecule has 0 unspecified atom stereocenters. The first kappa shape index (κ1) is 16.6. The van der Waals surface area contributed by atoms with Crippen LogP contribution in [0.25, 0.3) is 0 Å². The fourth-order valence-corrected chi connectivity index (χ4v) is 2.11. The number of nitrogens with zero attached hydrogens (tertiary/aromatic N) is 3. The summed E-state index contributed by atoms with van der Waals surface area (Å²) < 4.78 is 11.5. The maximum atomic E-state index is 5.99. The summed E-state index contributed by atoms with van der Waals surface area (Å²) in [7, 11) is 0. The Morgan fingerprint density at radius 3 is 2.26 bits per heavy atom. The van der Waals surface area contributed by atoms with Gasteiger partial charge in [0, 0.05) is 26.3 Å². The Morgan fingerprint density at radius 1 is 1.16 bits per heavy atom. The highest BCUT2D eigenvalue weighted by molar-refractivity contribution is 9.10. The summed E-state index contributed by atoms with van der Waals surface area (Å²) in [6.07, 6.45) is 1.46. The van der Waals surface area contributed by atoms with Gasteiger partial charge in [-0.25, -0.2) is 9.97 Å². The van der Waals surface area contributed by atoms with Gasteiger partial charge >= 0.3 is 0 Å². The lowest BCUT2D eigenvalue weighted by Gasteiger charge is -2.24. The van der Waals surface area contributed by atoms with Crippen LogP contribution < -0.4 is 4.90 Å². The van der Waals surface area contributed by atoms with Crippen molar-refractivity contribution in [2.45, 2.75) is 13.8 Å². The van der Waals surface area contributed by atoms with E-state index in [4.69, 9.17) is 21.1 Å². The first-order valence-electron chi connectivity index (χ1n) is 6.27. The second kappa shape index (κ2) is 9.47. The van der Waals surface area contributed by atoms with Crippen LogP contribution in [-0.2, 0) is 9.47 Å². The quantitative estimate of drug-likeness (QED) is 0.505. The zero-order valence-corrected chi connectivity index (χ0v) is 13.6. The standard InChI is InChI=1S/C12H19BrClN3O2/c1-3-18-7-5-17(6-8-19-4-2)12-10(13)11(14)15-9-16-12/h9H,3-8H2,1-2H3. The summed E-state index contributed by atoms with van der Waals surface area (Å²) in [5.74, 6) is 0.763. The van der Waals surface area contributed by atoms with Gasteiger partial charge in [-0.05, 0) is 29.8 Å². The maximum Gasteiger partial charge on any atom is 0.148 e. The minimum Gasteiger partial charge on any atom is -0.380 e. The zero-order valence-electron chi connectivity index (χ0n) is 11.2. The summed E-state index contributed by atoms with van der Waals surface area (Å²) in [6.45, 7) is 8.08. The molecular formula is C12H19BrClN3O2. The largest absolute Gasteiger partial charge is 0.380 e.